The lowest BCUT2D eigenvalue weighted by atomic mass is 9.56. The minimum absolute atomic E-state index is 0.153. The summed E-state index contributed by atoms with van der Waals surface area (Å²) in [6.07, 6.45) is 2.13. The van der Waals surface area contributed by atoms with Crippen LogP contribution >= 0.6 is 0 Å². The second-order valence-electron chi connectivity index (χ2n) is 8.26. The number of hydrogen-bond donors (Lipinski definition) is 0. The van der Waals surface area contributed by atoms with Gasteiger partial charge >= 0.3 is 11.9 Å². The molecule has 6 heteroatoms. The summed E-state index contributed by atoms with van der Waals surface area (Å²) in [5.41, 5.74) is 2.00. The first kappa shape index (κ1) is 21.4. The van der Waals surface area contributed by atoms with Crippen LogP contribution in [0.5, 0.6) is 11.5 Å². The molecule has 2 bridgehead atoms. The van der Waals surface area contributed by atoms with Crippen LogP contribution in [-0.2, 0) is 19.1 Å². The van der Waals surface area contributed by atoms with Gasteiger partial charge in [-0.2, -0.15) is 0 Å². The molecule has 0 saturated carbocycles. The molecule has 6 nitrogen and oxygen atoms in total. The molecule has 1 aliphatic heterocycles. The molecule has 0 spiro atoms. The fourth-order valence-electron chi connectivity index (χ4n) is 4.89. The molecule has 0 N–H and O–H groups in total. The smallest absolute Gasteiger partial charge is 0.308 e. The zero-order valence-electron chi connectivity index (χ0n) is 18.0. The SMILES string of the molecule is COc1cc([C@H]2OC[C@]3(COC(C)=O)[C@H](C)C=C(C)[C@H]2[C@H]3C)ccc1OC(C)=O. The number of benzene rings is 1. The Morgan fingerprint density at radius 2 is 1.90 bits per heavy atom. The monoisotopic (exact) mass is 402 g/mol. The molecule has 1 heterocycles. The first-order valence-corrected chi connectivity index (χ1v) is 9.99. The average Bonchev–Trinajstić information content (AvgIpc) is 2.65. The third-order valence-corrected chi connectivity index (χ3v) is 6.56. The van der Waals surface area contributed by atoms with Crippen LogP contribution in [0.15, 0.2) is 29.8 Å². The van der Waals surface area contributed by atoms with Crippen LogP contribution in [0.25, 0.3) is 0 Å². The number of rotatable bonds is 5. The molecule has 3 rings (SSSR count). The highest BCUT2D eigenvalue weighted by Crippen LogP contribution is 2.56. The van der Waals surface area contributed by atoms with Gasteiger partial charge in [0.15, 0.2) is 11.5 Å². The molecular weight excluding hydrogens is 372 g/mol. The highest BCUT2D eigenvalue weighted by atomic mass is 16.6. The normalized spacial score (nSPS) is 30.9. The van der Waals surface area contributed by atoms with E-state index in [1.807, 2.05) is 12.1 Å². The maximum absolute atomic E-state index is 11.5. The van der Waals surface area contributed by atoms with Crippen molar-refractivity contribution in [2.75, 3.05) is 20.3 Å². The molecule has 0 aromatic heterocycles. The number of ether oxygens (including phenoxy) is 4. The summed E-state index contributed by atoms with van der Waals surface area (Å²) < 4.78 is 22.5. The number of carbonyl (C=O) groups excluding carboxylic acids is 2. The van der Waals surface area contributed by atoms with Crippen LogP contribution in [0.3, 0.4) is 0 Å². The quantitative estimate of drug-likeness (QED) is 0.420. The van der Waals surface area contributed by atoms with Crippen molar-refractivity contribution in [1.29, 1.82) is 0 Å². The van der Waals surface area contributed by atoms with Crippen molar-refractivity contribution in [3.8, 4) is 11.5 Å². The maximum Gasteiger partial charge on any atom is 0.308 e. The molecule has 1 fully saturated rings. The van der Waals surface area contributed by atoms with Gasteiger partial charge in [-0.25, -0.2) is 0 Å². The van der Waals surface area contributed by atoms with Crippen molar-refractivity contribution >= 4 is 11.9 Å². The van der Waals surface area contributed by atoms with Crippen molar-refractivity contribution in [1.82, 2.24) is 0 Å². The lowest BCUT2D eigenvalue weighted by molar-refractivity contribution is -0.180. The Hall–Kier alpha value is -2.34. The molecule has 1 saturated heterocycles. The first-order valence-electron chi connectivity index (χ1n) is 9.99. The number of fused-ring (bicyclic) bond motifs is 2. The van der Waals surface area contributed by atoms with E-state index in [9.17, 15) is 9.59 Å². The van der Waals surface area contributed by atoms with Crippen molar-refractivity contribution in [2.24, 2.45) is 23.2 Å². The Balaban J connectivity index is 1.95. The molecule has 0 unspecified atom stereocenters. The van der Waals surface area contributed by atoms with Gasteiger partial charge in [-0.1, -0.05) is 31.6 Å². The summed E-state index contributed by atoms with van der Waals surface area (Å²) in [6, 6.07) is 5.54. The van der Waals surface area contributed by atoms with Crippen LogP contribution in [0.1, 0.15) is 46.3 Å². The van der Waals surface area contributed by atoms with Crippen LogP contribution in [0, 0.1) is 23.2 Å². The Morgan fingerprint density at radius 1 is 1.17 bits per heavy atom. The fraction of sp³-hybridized carbons (Fsp3) is 0.565. The lowest BCUT2D eigenvalue weighted by Crippen LogP contribution is -2.54. The minimum atomic E-state index is -0.395. The lowest BCUT2D eigenvalue weighted by Gasteiger charge is -2.55. The van der Waals surface area contributed by atoms with E-state index in [0.29, 0.717) is 24.7 Å². The fourth-order valence-corrected chi connectivity index (χ4v) is 4.89. The maximum atomic E-state index is 11.5. The summed E-state index contributed by atoms with van der Waals surface area (Å²) in [4.78, 5) is 22.8. The zero-order chi connectivity index (χ0) is 21.3. The van der Waals surface area contributed by atoms with Gasteiger partial charge in [-0.15, -0.1) is 0 Å². The Bertz CT molecular complexity index is 829. The average molecular weight is 402 g/mol. The molecule has 0 radical (unpaired) electrons. The number of methoxy groups -OCH3 is 1. The largest absolute Gasteiger partial charge is 0.493 e. The van der Waals surface area contributed by atoms with Crippen LogP contribution < -0.4 is 9.47 Å². The zero-order valence-corrected chi connectivity index (χ0v) is 18.0. The molecule has 29 heavy (non-hydrogen) atoms. The second-order valence-corrected chi connectivity index (χ2v) is 8.26. The van der Waals surface area contributed by atoms with Crippen molar-refractivity contribution in [3.63, 3.8) is 0 Å². The summed E-state index contributed by atoms with van der Waals surface area (Å²) in [6.45, 7) is 10.2. The molecule has 1 aromatic carbocycles. The molecule has 2 aliphatic rings. The third kappa shape index (κ3) is 3.90. The van der Waals surface area contributed by atoms with Crippen molar-refractivity contribution < 1.29 is 28.5 Å². The van der Waals surface area contributed by atoms with Gasteiger partial charge in [0.2, 0.25) is 0 Å². The minimum Gasteiger partial charge on any atom is -0.493 e. The van der Waals surface area contributed by atoms with Gasteiger partial charge in [0.1, 0.15) is 0 Å². The summed E-state index contributed by atoms with van der Waals surface area (Å²) in [5, 5.41) is 0. The molecule has 1 aromatic rings. The molecule has 5 atom stereocenters. The predicted octanol–water partition coefficient (Wildman–Crippen LogP) is 4.09. The van der Waals surface area contributed by atoms with Crippen LogP contribution in [-0.4, -0.2) is 32.3 Å². The number of allylic oxidation sites excluding steroid dienone is 1. The van der Waals surface area contributed by atoms with Gasteiger partial charge in [0, 0.05) is 25.2 Å². The first-order chi connectivity index (χ1) is 13.7. The van der Waals surface area contributed by atoms with E-state index in [2.05, 4.69) is 26.8 Å². The Morgan fingerprint density at radius 3 is 2.52 bits per heavy atom. The van der Waals surface area contributed by atoms with Crippen molar-refractivity contribution in [3.05, 3.63) is 35.4 Å². The highest BCUT2D eigenvalue weighted by molar-refractivity contribution is 5.70. The van der Waals surface area contributed by atoms with E-state index >= 15 is 0 Å². The van der Waals surface area contributed by atoms with E-state index < -0.39 is 5.97 Å². The van der Waals surface area contributed by atoms with Gasteiger partial charge < -0.3 is 18.9 Å². The van der Waals surface area contributed by atoms with Crippen LogP contribution in [0.4, 0.5) is 0 Å². The van der Waals surface area contributed by atoms with Crippen LogP contribution in [0.2, 0.25) is 0 Å². The van der Waals surface area contributed by atoms with E-state index in [1.165, 1.54) is 19.4 Å². The van der Waals surface area contributed by atoms with E-state index in [1.54, 1.807) is 13.2 Å². The summed E-state index contributed by atoms with van der Waals surface area (Å²) in [5.74, 6) is 0.885. The van der Waals surface area contributed by atoms with Gasteiger partial charge in [-0.3, -0.25) is 9.59 Å². The standard InChI is InChI=1S/C23H30O6/c1-13-9-14(2)23(11-27-16(4)24)12-28-22(21(13)15(23)3)18-7-8-19(29-17(5)25)20(10-18)26-6/h7-10,14-15,21-22H,11-12H2,1-6H3/t14-,15-,21+,22-,23-/m1/s1. The molecule has 0 amide bonds. The molecule has 1 aliphatic carbocycles. The number of esters is 2. The molecule has 158 valence electrons. The Kier molecular flexibility index (Phi) is 6.03. The Labute approximate surface area is 172 Å². The number of hydrogen-bond acceptors (Lipinski definition) is 6. The highest BCUT2D eigenvalue weighted by Gasteiger charge is 2.54. The van der Waals surface area contributed by atoms with Crippen molar-refractivity contribution in [2.45, 2.75) is 40.7 Å². The topological polar surface area (TPSA) is 71.1 Å². The van der Waals surface area contributed by atoms with Gasteiger partial charge in [0.05, 0.1) is 26.4 Å². The van der Waals surface area contributed by atoms with E-state index in [0.717, 1.165) is 5.56 Å². The summed E-state index contributed by atoms with van der Waals surface area (Å²) in [7, 11) is 1.55. The second kappa shape index (κ2) is 8.19. The predicted molar refractivity (Wildman–Crippen MR) is 108 cm³/mol. The molecular formula is C23H30O6. The van der Waals surface area contributed by atoms with E-state index in [4.69, 9.17) is 18.9 Å². The van der Waals surface area contributed by atoms with Gasteiger partial charge in [-0.05, 0) is 36.5 Å². The van der Waals surface area contributed by atoms with E-state index in [-0.39, 0.29) is 35.2 Å². The number of carbonyl (C=O) groups is 2. The van der Waals surface area contributed by atoms with Gasteiger partial charge in [0.25, 0.3) is 0 Å². The third-order valence-electron chi connectivity index (χ3n) is 6.56. The summed E-state index contributed by atoms with van der Waals surface area (Å²) >= 11 is 0.